The summed E-state index contributed by atoms with van der Waals surface area (Å²) in [6, 6.07) is 0. The third-order valence-electron chi connectivity index (χ3n) is 3.34. The molecule has 0 aromatic carbocycles. The Labute approximate surface area is 114 Å². The maximum absolute atomic E-state index is 12.1. The molecule has 1 amide bonds. The van der Waals surface area contributed by atoms with E-state index in [1.165, 1.54) is 11.8 Å². The zero-order chi connectivity index (χ0) is 14.6. The van der Waals surface area contributed by atoms with E-state index in [1.807, 2.05) is 0 Å². The summed E-state index contributed by atoms with van der Waals surface area (Å²) >= 11 is 0. The fraction of sp³-hybridized carbons (Fsp3) is 0.833. The molecular weight excluding hydrogens is 270 g/mol. The second kappa shape index (κ2) is 6.36. The number of sulfone groups is 1. The van der Waals surface area contributed by atoms with Crippen molar-refractivity contribution in [1.29, 1.82) is 0 Å². The van der Waals surface area contributed by atoms with Crippen LogP contribution in [-0.2, 0) is 24.2 Å². The van der Waals surface area contributed by atoms with Gasteiger partial charge in [0.05, 0.1) is 12.5 Å². The summed E-state index contributed by atoms with van der Waals surface area (Å²) in [5.41, 5.74) is 0. The number of rotatable bonds is 4. The lowest BCUT2D eigenvalue weighted by Gasteiger charge is -2.32. The van der Waals surface area contributed by atoms with Gasteiger partial charge >= 0.3 is 5.97 Å². The molecule has 2 atom stereocenters. The van der Waals surface area contributed by atoms with Gasteiger partial charge in [0, 0.05) is 19.3 Å². The zero-order valence-electron chi connectivity index (χ0n) is 11.6. The Morgan fingerprint density at radius 2 is 2.05 bits per heavy atom. The van der Waals surface area contributed by atoms with E-state index in [9.17, 15) is 18.0 Å². The minimum atomic E-state index is -3.41. The lowest BCUT2D eigenvalue weighted by molar-refractivity contribution is -0.151. The van der Waals surface area contributed by atoms with Crippen LogP contribution in [0.2, 0.25) is 0 Å². The number of ether oxygens (including phenoxy) is 1. The number of carbonyl (C=O) groups excluding carboxylic acids is 2. The monoisotopic (exact) mass is 291 g/mol. The Hall–Kier alpha value is -1.11. The molecule has 0 saturated carbocycles. The Morgan fingerprint density at radius 3 is 2.58 bits per heavy atom. The van der Waals surface area contributed by atoms with Crippen LogP contribution in [0, 0.1) is 5.92 Å². The zero-order valence-corrected chi connectivity index (χ0v) is 12.4. The predicted octanol–water partition coefficient (Wildman–Crippen LogP) is 0.221. The number of hydrogen-bond acceptors (Lipinski definition) is 5. The SMILES string of the molecule is CCOC(=O)[C@@H]1CCCN(C(=O)C(C)S(C)(=O)=O)C1. The average molecular weight is 291 g/mol. The third kappa shape index (κ3) is 4.19. The number of carbonyl (C=O) groups is 2. The number of hydrogen-bond donors (Lipinski definition) is 0. The van der Waals surface area contributed by atoms with E-state index in [-0.39, 0.29) is 18.4 Å². The summed E-state index contributed by atoms with van der Waals surface area (Å²) in [6.45, 7) is 4.16. The quantitative estimate of drug-likeness (QED) is 0.692. The molecule has 1 saturated heterocycles. The molecule has 0 bridgehead atoms. The van der Waals surface area contributed by atoms with E-state index in [0.717, 1.165) is 6.26 Å². The molecule has 0 N–H and O–H groups in total. The van der Waals surface area contributed by atoms with Crippen molar-refractivity contribution in [2.45, 2.75) is 31.9 Å². The van der Waals surface area contributed by atoms with Gasteiger partial charge in [-0.3, -0.25) is 9.59 Å². The van der Waals surface area contributed by atoms with Crippen LogP contribution in [0.3, 0.4) is 0 Å². The minimum Gasteiger partial charge on any atom is -0.466 e. The van der Waals surface area contributed by atoms with Gasteiger partial charge in [-0.25, -0.2) is 8.42 Å². The molecule has 7 heteroatoms. The normalized spacial score (nSPS) is 21.8. The van der Waals surface area contributed by atoms with Crippen LogP contribution >= 0.6 is 0 Å². The second-order valence-corrected chi connectivity index (χ2v) is 7.21. The van der Waals surface area contributed by atoms with Crippen molar-refractivity contribution in [3.05, 3.63) is 0 Å². The first-order chi connectivity index (χ1) is 8.77. The van der Waals surface area contributed by atoms with Gasteiger partial charge in [0.1, 0.15) is 5.25 Å². The standard InChI is InChI=1S/C12H21NO5S/c1-4-18-12(15)10-6-5-7-13(8-10)11(14)9(2)19(3,16)17/h9-10H,4-8H2,1-3H3/t9?,10-/m1/s1. The first kappa shape index (κ1) is 15.9. The van der Waals surface area contributed by atoms with Crippen molar-refractivity contribution in [1.82, 2.24) is 4.90 Å². The molecule has 1 aliphatic heterocycles. The molecule has 0 radical (unpaired) electrons. The van der Waals surface area contributed by atoms with Gasteiger partial charge in [0.25, 0.3) is 0 Å². The van der Waals surface area contributed by atoms with Crippen molar-refractivity contribution in [2.75, 3.05) is 26.0 Å². The summed E-state index contributed by atoms with van der Waals surface area (Å²) < 4.78 is 27.7. The molecule has 1 rings (SSSR count). The number of esters is 1. The third-order valence-corrected chi connectivity index (χ3v) is 4.83. The molecule has 110 valence electrons. The fourth-order valence-corrected chi connectivity index (χ4v) is 2.59. The number of nitrogens with zero attached hydrogens (tertiary/aromatic N) is 1. The lowest BCUT2D eigenvalue weighted by atomic mass is 9.98. The molecule has 1 fully saturated rings. The van der Waals surface area contributed by atoms with Crippen molar-refractivity contribution in [3.8, 4) is 0 Å². The van der Waals surface area contributed by atoms with Crippen LogP contribution in [0.5, 0.6) is 0 Å². The van der Waals surface area contributed by atoms with E-state index in [4.69, 9.17) is 4.74 Å². The largest absolute Gasteiger partial charge is 0.466 e. The van der Waals surface area contributed by atoms with Gasteiger partial charge in [-0.15, -0.1) is 0 Å². The molecule has 1 unspecified atom stereocenters. The molecule has 1 aliphatic rings. The lowest BCUT2D eigenvalue weighted by Crippen LogP contribution is -2.47. The number of likely N-dealkylation sites (tertiary alicyclic amines) is 1. The van der Waals surface area contributed by atoms with E-state index < -0.39 is 21.0 Å². The topological polar surface area (TPSA) is 80.8 Å². The number of piperidine rings is 1. The Balaban J connectivity index is 2.70. The summed E-state index contributed by atoms with van der Waals surface area (Å²) in [5, 5.41) is -1.06. The summed E-state index contributed by atoms with van der Waals surface area (Å²) in [5.74, 6) is -1.09. The van der Waals surface area contributed by atoms with Crippen LogP contribution in [0.15, 0.2) is 0 Å². The van der Waals surface area contributed by atoms with Gasteiger partial charge in [-0.05, 0) is 26.7 Å². The molecule has 0 spiro atoms. The van der Waals surface area contributed by atoms with Gasteiger partial charge in [0.2, 0.25) is 5.91 Å². The van der Waals surface area contributed by atoms with Crippen LogP contribution in [0.25, 0.3) is 0 Å². The van der Waals surface area contributed by atoms with Gasteiger partial charge in [0.15, 0.2) is 9.84 Å². The predicted molar refractivity (Wildman–Crippen MR) is 70.2 cm³/mol. The van der Waals surface area contributed by atoms with E-state index in [0.29, 0.717) is 26.0 Å². The maximum atomic E-state index is 12.1. The highest BCUT2D eigenvalue weighted by Gasteiger charge is 2.34. The number of amides is 1. The molecule has 1 heterocycles. The highest BCUT2D eigenvalue weighted by molar-refractivity contribution is 7.92. The van der Waals surface area contributed by atoms with Crippen LogP contribution in [0.4, 0.5) is 0 Å². The summed E-state index contributed by atoms with van der Waals surface area (Å²) in [7, 11) is -3.41. The average Bonchev–Trinajstić information content (AvgIpc) is 2.36. The maximum Gasteiger partial charge on any atom is 0.310 e. The van der Waals surface area contributed by atoms with Crippen LogP contribution < -0.4 is 0 Å². The van der Waals surface area contributed by atoms with Crippen LogP contribution in [0.1, 0.15) is 26.7 Å². The van der Waals surface area contributed by atoms with E-state index in [1.54, 1.807) is 6.92 Å². The van der Waals surface area contributed by atoms with Crippen LogP contribution in [-0.4, -0.2) is 56.4 Å². The molecule has 0 aromatic heterocycles. The smallest absolute Gasteiger partial charge is 0.310 e. The molecule has 0 aliphatic carbocycles. The molecule has 19 heavy (non-hydrogen) atoms. The summed E-state index contributed by atoms with van der Waals surface area (Å²) in [6.07, 6.45) is 2.41. The van der Waals surface area contributed by atoms with Crippen molar-refractivity contribution in [2.24, 2.45) is 5.92 Å². The van der Waals surface area contributed by atoms with Gasteiger partial charge < -0.3 is 9.64 Å². The minimum absolute atomic E-state index is 0.248. The molecular formula is C12H21NO5S. The first-order valence-electron chi connectivity index (χ1n) is 6.41. The Kier molecular flexibility index (Phi) is 5.34. The fourth-order valence-electron chi connectivity index (χ4n) is 2.07. The highest BCUT2D eigenvalue weighted by Crippen LogP contribution is 2.19. The van der Waals surface area contributed by atoms with Crippen molar-refractivity contribution in [3.63, 3.8) is 0 Å². The van der Waals surface area contributed by atoms with Gasteiger partial charge in [-0.2, -0.15) is 0 Å². The molecule has 0 aromatic rings. The Bertz CT molecular complexity index is 445. The van der Waals surface area contributed by atoms with Crippen molar-refractivity contribution < 1.29 is 22.7 Å². The molecule has 6 nitrogen and oxygen atoms in total. The Morgan fingerprint density at radius 1 is 1.42 bits per heavy atom. The van der Waals surface area contributed by atoms with Crippen molar-refractivity contribution >= 4 is 21.7 Å². The van der Waals surface area contributed by atoms with E-state index >= 15 is 0 Å². The first-order valence-corrected chi connectivity index (χ1v) is 8.37. The summed E-state index contributed by atoms with van der Waals surface area (Å²) in [4.78, 5) is 25.2. The van der Waals surface area contributed by atoms with Gasteiger partial charge in [-0.1, -0.05) is 0 Å². The highest BCUT2D eigenvalue weighted by atomic mass is 32.2. The second-order valence-electron chi connectivity index (χ2n) is 4.85. The van der Waals surface area contributed by atoms with E-state index in [2.05, 4.69) is 0 Å².